The molecule has 120 valence electrons. The molecule has 3 rings (SSSR count). The molecule has 1 atom stereocenters. The summed E-state index contributed by atoms with van der Waals surface area (Å²) in [6, 6.07) is 0. The predicted molar refractivity (Wildman–Crippen MR) is 91.7 cm³/mol. The van der Waals surface area contributed by atoms with Crippen molar-refractivity contribution in [2.75, 3.05) is 31.5 Å². The van der Waals surface area contributed by atoms with E-state index >= 15 is 0 Å². The molecule has 2 aromatic rings. The van der Waals surface area contributed by atoms with Gasteiger partial charge in [0.1, 0.15) is 17.0 Å². The molecule has 1 fully saturated rings. The van der Waals surface area contributed by atoms with Crippen molar-refractivity contribution in [1.29, 1.82) is 0 Å². The number of fused-ring (bicyclic) bond motifs is 1. The van der Waals surface area contributed by atoms with Crippen LogP contribution in [0.25, 0.3) is 10.2 Å². The number of anilines is 1. The van der Waals surface area contributed by atoms with Gasteiger partial charge in [-0.3, -0.25) is 4.90 Å². The van der Waals surface area contributed by atoms with Crippen LogP contribution < -0.4 is 5.32 Å². The summed E-state index contributed by atoms with van der Waals surface area (Å²) in [5, 5.41) is 16.4. The first-order chi connectivity index (χ1) is 10.4. The first kappa shape index (κ1) is 15.6. The van der Waals surface area contributed by atoms with Gasteiger partial charge in [0.05, 0.1) is 11.5 Å². The Morgan fingerprint density at radius 3 is 2.91 bits per heavy atom. The third-order valence-electron chi connectivity index (χ3n) is 4.15. The van der Waals surface area contributed by atoms with Gasteiger partial charge < -0.3 is 10.4 Å². The van der Waals surface area contributed by atoms with Crippen molar-refractivity contribution < 1.29 is 5.11 Å². The minimum atomic E-state index is -0.157. The number of aliphatic hydroxyl groups is 1. The number of aliphatic hydroxyl groups excluding tert-OH is 1. The number of likely N-dealkylation sites (tertiary alicyclic amines) is 1. The number of β-amino-alcohol motifs (C(OH)–C–C–N with tert-alkyl or cyclic N) is 1. The number of hydrogen-bond donors (Lipinski definition) is 2. The highest BCUT2D eigenvalue weighted by Crippen LogP contribution is 2.36. The molecule has 2 N–H and O–H groups in total. The van der Waals surface area contributed by atoms with Crippen molar-refractivity contribution >= 4 is 27.4 Å². The lowest BCUT2D eigenvalue weighted by molar-refractivity contribution is 0.177. The summed E-state index contributed by atoms with van der Waals surface area (Å²) in [6.07, 6.45) is 2.36. The van der Waals surface area contributed by atoms with Crippen molar-refractivity contribution in [1.82, 2.24) is 14.9 Å². The molecule has 6 heteroatoms. The van der Waals surface area contributed by atoms with Crippen molar-refractivity contribution in [3.63, 3.8) is 0 Å². The summed E-state index contributed by atoms with van der Waals surface area (Å²) >= 11 is 1.68. The van der Waals surface area contributed by atoms with Crippen LogP contribution in [0.2, 0.25) is 0 Å². The Labute approximate surface area is 135 Å². The molecule has 22 heavy (non-hydrogen) atoms. The molecule has 2 aromatic heterocycles. The number of aromatic nitrogens is 2. The highest BCUT2D eigenvalue weighted by atomic mass is 32.1. The van der Waals surface area contributed by atoms with Crippen LogP contribution in [0.5, 0.6) is 0 Å². The Kier molecular flexibility index (Phi) is 4.34. The first-order valence-electron chi connectivity index (χ1n) is 7.82. The zero-order valence-electron chi connectivity index (χ0n) is 13.5. The molecule has 0 spiro atoms. The Hall–Kier alpha value is -1.24. The second kappa shape index (κ2) is 6.10. The van der Waals surface area contributed by atoms with Gasteiger partial charge in [-0.2, -0.15) is 0 Å². The van der Waals surface area contributed by atoms with Crippen LogP contribution in [-0.2, 0) is 5.41 Å². The van der Waals surface area contributed by atoms with E-state index < -0.39 is 0 Å². The Morgan fingerprint density at radius 2 is 2.23 bits per heavy atom. The third-order valence-corrected chi connectivity index (χ3v) is 5.03. The number of nitrogens with one attached hydrogen (secondary N) is 1. The standard InChI is InChI=1S/C16H24N4OS/c1-16(2,3)12-9-22-15-13(12)14(18-10-19-15)17-5-7-20-6-4-11(21)8-20/h9-11,21H,4-8H2,1-3H3,(H,17,18,19)/t11-/m0/s1. The first-order valence-corrected chi connectivity index (χ1v) is 8.70. The third kappa shape index (κ3) is 3.24. The van der Waals surface area contributed by atoms with Crippen molar-refractivity contribution in [2.24, 2.45) is 0 Å². The minimum absolute atomic E-state index is 0.0818. The van der Waals surface area contributed by atoms with E-state index in [9.17, 15) is 5.11 Å². The highest BCUT2D eigenvalue weighted by Gasteiger charge is 2.22. The van der Waals surface area contributed by atoms with Crippen LogP contribution in [0.1, 0.15) is 32.8 Å². The fourth-order valence-corrected chi connectivity index (χ4v) is 4.04. The maximum Gasteiger partial charge on any atom is 0.138 e. The monoisotopic (exact) mass is 320 g/mol. The molecule has 5 nitrogen and oxygen atoms in total. The molecule has 0 saturated carbocycles. The molecule has 0 aliphatic carbocycles. The lowest BCUT2D eigenvalue weighted by Gasteiger charge is -2.19. The van der Waals surface area contributed by atoms with Crippen LogP contribution in [-0.4, -0.2) is 52.3 Å². The van der Waals surface area contributed by atoms with Gasteiger partial charge in [0.25, 0.3) is 0 Å². The van der Waals surface area contributed by atoms with Gasteiger partial charge in [0.15, 0.2) is 0 Å². The van der Waals surface area contributed by atoms with Crippen LogP contribution in [0, 0.1) is 0 Å². The summed E-state index contributed by atoms with van der Waals surface area (Å²) in [5.41, 5.74) is 1.38. The average molecular weight is 320 g/mol. The lowest BCUT2D eigenvalue weighted by Crippen LogP contribution is -2.28. The molecule has 1 saturated heterocycles. The molecular formula is C16H24N4OS. The summed E-state index contributed by atoms with van der Waals surface area (Å²) < 4.78 is 0. The topological polar surface area (TPSA) is 61.3 Å². The SMILES string of the molecule is CC(C)(C)c1csc2ncnc(NCCN3CC[C@H](O)C3)c12. The summed E-state index contributed by atoms with van der Waals surface area (Å²) in [6.45, 7) is 10.2. The quantitative estimate of drug-likeness (QED) is 0.906. The Balaban J connectivity index is 1.74. The van der Waals surface area contributed by atoms with Gasteiger partial charge in [0, 0.05) is 26.2 Å². The van der Waals surface area contributed by atoms with E-state index in [1.54, 1.807) is 17.7 Å². The van der Waals surface area contributed by atoms with Crippen LogP contribution in [0.15, 0.2) is 11.7 Å². The molecule has 0 unspecified atom stereocenters. The molecule has 0 aromatic carbocycles. The normalized spacial score (nSPS) is 19.9. The highest BCUT2D eigenvalue weighted by molar-refractivity contribution is 7.17. The van der Waals surface area contributed by atoms with Gasteiger partial charge in [-0.05, 0) is 22.8 Å². The Morgan fingerprint density at radius 1 is 1.41 bits per heavy atom. The summed E-state index contributed by atoms with van der Waals surface area (Å²) in [7, 11) is 0. The number of hydrogen-bond acceptors (Lipinski definition) is 6. The van der Waals surface area contributed by atoms with Crippen LogP contribution in [0.3, 0.4) is 0 Å². The van der Waals surface area contributed by atoms with Gasteiger partial charge >= 0.3 is 0 Å². The fraction of sp³-hybridized carbons (Fsp3) is 0.625. The van der Waals surface area contributed by atoms with Crippen LogP contribution >= 0.6 is 11.3 Å². The molecular weight excluding hydrogens is 296 g/mol. The van der Waals surface area contributed by atoms with Crippen molar-refractivity contribution in [3.05, 3.63) is 17.3 Å². The number of rotatable bonds is 4. The zero-order chi connectivity index (χ0) is 15.7. The maximum absolute atomic E-state index is 9.57. The lowest BCUT2D eigenvalue weighted by atomic mass is 9.87. The Bertz CT molecular complexity index is 649. The largest absolute Gasteiger partial charge is 0.392 e. The molecule has 1 aliphatic heterocycles. The second-order valence-electron chi connectivity index (χ2n) is 6.97. The molecule has 0 bridgehead atoms. The summed E-state index contributed by atoms with van der Waals surface area (Å²) in [4.78, 5) is 12.2. The van der Waals surface area contributed by atoms with Gasteiger partial charge in [-0.1, -0.05) is 20.8 Å². The number of thiophene rings is 1. The maximum atomic E-state index is 9.57. The van der Waals surface area contributed by atoms with Gasteiger partial charge in [-0.25, -0.2) is 9.97 Å². The molecule has 0 amide bonds. The second-order valence-corrected chi connectivity index (χ2v) is 7.83. The van der Waals surface area contributed by atoms with E-state index in [1.165, 1.54) is 5.56 Å². The predicted octanol–water partition coefficient (Wildman–Crippen LogP) is 2.47. The fourth-order valence-electron chi connectivity index (χ4n) is 2.91. The molecule has 1 aliphatic rings. The minimum Gasteiger partial charge on any atom is -0.392 e. The van der Waals surface area contributed by atoms with Crippen molar-refractivity contribution in [2.45, 2.75) is 38.7 Å². The van der Waals surface area contributed by atoms with Gasteiger partial charge in [-0.15, -0.1) is 11.3 Å². The molecule has 3 heterocycles. The van der Waals surface area contributed by atoms with E-state index in [2.05, 4.69) is 46.3 Å². The smallest absolute Gasteiger partial charge is 0.138 e. The average Bonchev–Trinajstić information content (AvgIpc) is 3.05. The summed E-state index contributed by atoms with van der Waals surface area (Å²) in [5.74, 6) is 0.927. The number of nitrogens with zero attached hydrogens (tertiary/aromatic N) is 3. The van der Waals surface area contributed by atoms with E-state index in [4.69, 9.17) is 0 Å². The van der Waals surface area contributed by atoms with E-state index in [-0.39, 0.29) is 11.5 Å². The van der Waals surface area contributed by atoms with E-state index in [0.29, 0.717) is 0 Å². The van der Waals surface area contributed by atoms with E-state index in [1.807, 2.05) is 0 Å². The zero-order valence-corrected chi connectivity index (χ0v) is 14.3. The van der Waals surface area contributed by atoms with Crippen LogP contribution in [0.4, 0.5) is 5.82 Å². The molecule has 0 radical (unpaired) electrons. The van der Waals surface area contributed by atoms with Gasteiger partial charge in [0.2, 0.25) is 0 Å². The van der Waals surface area contributed by atoms with E-state index in [0.717, 1.165) is 48.6 Å². The van der Waals surface area contributed by atoms with Crippen molar-refractivity contribution in [3.8, 4) is 0 Å².